The summed E-state index contributed by atoms with van der Waals surface area (Å²) in [6, 6.07) is 6.92. The third kappa shape index (κ3) is 6.09. The minimum Gasteiger partial charge on any atom is -0.469 e. The number of hydrogen-bond acceptors (Lipinski definition) is 6. The van der Waals surface area contributed by atoms with Gasteiger partial charge in [0.2, 0.25) is 0 Å². The van der Waals surface area contributed by atoms with E-state index in [0.29, 0.717) is 23.6 Å². The van der Waals surface area contributed by atoms with E-state index in [1.54, 1.807) is 32.0 Å². The molecule has 0 fully saturated rings. The average Bonchev–Trinajstić information content (AvgIpc) is 2.96. The van der Waals surface area contributed by atoms with Crippen LogP contribution < -0.4 is 4.72 Å². The van der Waals surface area contributed by atoms with Crippen molar-refractivity contribution in [1.29, 1.82) is 0 Å². The lowest BCUT2D eigenvalue weighted by molar-refractivity contribution is -0.140. The van der Waals surface area contributed by atoms with Crippen molar-refractivity contribution in [2.45, 2.75) is 57.3 Å². The second-order valence-corrected chi connectivity index (χ2v) is 8.12. The maximum atomic E-state index is 12.6. The first kappa shape index (κ1) is 21.0. The van der Waals surface area contributed by atoms with Crippen LogP contribution in [0.15, 0.2) is 33.7 Å². The zero-order valence-corrected chi connectivity index (χ0v) is 16.8. The smallest absolute Gasteiger partial charge is 0.305 e. The number of hydrogen-bond donors (Lipinski definition) is 1. The number of aromatic nitrogens is 1. The van der Waals surface area contributed by atoms with Gasteiger partial charge >= 0.3 is 5.97 Å². The zero-order valence-electron chi connectivity index (χ0n) is 15.9. The van der Waals surface area contributed by atoms with Crippen LogP contribution in [-0.4, -0.2) is 26.7 Å². The molecule has 1 aromatic heterocycles. The molecule has 0 aliphatic carbocycles. The van der Waals surface area contributed by atoms with Crippen molar-refractivity contribution in [3.05, 3.63) is 41.3 Å². The molecule has 148 valence electrons. The molecular weight excluding hydrogens is 368 g/mol. The van der Waals surface area contributed by atoms with Crippen molar-refractivity contribution in [1.82, 2.24) is 5.16 Å². The Hall–Kier alpha value is -2.35. The molecule has 27 heavy (non-hydrogen) atoms. The lowest BCUT2D eigenvalue weighted by Gasteiger charge is -2.09. The Morgan fingerprint density at radius 3 is 2.59 bits per heavy atom. The molecule has 8 heteroatoms. The summed E-state index contributed by atoms with van der Waals surface area (Å²) in [5, 5.41) is 3.76. The standard InChI is InChI=1S/C19H26N2O5S/c1-14-19(15(2)26-20-14)21-27(23,24)17-11-8-10-16(13-17)9-6-4-5-7-12-18(22)25-3/h8,10-11,13,21H,4-7,9,12H2,1-3H3. The maximum Gasteiger partial charge on any atom is 0.305 e. The normalized spacial score (nSPS) is 11.4. The Labute approximate surface area is 160 Å². The number of ether oxygens (including phenoxy) is 1. The number of carbonyl (C=O) groups excluding carboxylic acids is 1. The molecular formula is C19H26N2O5S. The van der Waals surface area contributed by atoms with Gasteiger partial charge in [-0.2, -0.15) is 0 Å². The second kappa shape index (κ2) is 9.55. The van der Waals surface area contributed by atoms with Gasteiger partial charge in [-0.05, 0) is 50.8 Å². The summed E-state index contributed by atoms with van der Waals surface area (Å²) >= 11 is 0. The quantitative estimate of drug-likeness (QED) is 0.487. The Bertz CT molecular complexity index is 854. The molecule has 0 unspecified atom stereocenters. The lowest BCUT2D eigenvalue weighted by Crippen LogP contribution is -2.14. The largest absolute Gasteiger partial charge is 0.469 e. The number of rotatable bonds is 10. The highest BCUT2D eigenvalue weighted by Gasteiger charge is 2.19. The number of carbonyl (C=O) groups is 1. The van der Waals surface area contributed by atoms with Crippen LogP contribution in [0.4, 0.5) is 5.69 Å². The summed E-state index contributed by atoms with van der Waals surface area (Å²) in [5.41, 5.74) is 1.84. The number of anilines is 1. The summed E-state index contributed by atoms with van der Waals surface area (Å²) in [5.74, 6) is 0.248. The van der Waals surface area contributed by atoms with E-state index in [0.717, 1.165) is 37.7 Å². The molecule has 1 aromatic carbocycles. The SMILES string of the molecule is COC(=O)CCCCCCc1cccc(S(=O)(=O)Nc2c(C)noc2C)c1. The van der Waals surface area contributed by atoms with Crippen LogP contribution in [0.25, 0.3) is 0 Å². The number of esters is 1. The van der Waals surface area contributed by atoms with Gasteiger partial charge in [0.1, 0.15) is 11.4 Å². The molecule has 1 heterocycles. The van der Waals surface area contributed by atoms with E-state index in [1.165, 1.54) is 7.11 Å². The number of methoxy groups -OCH3 is 1. The van der Waals surface area contributed by atoms with E-state index in [1.807, 2.05) is 6.07 Å². The molecule has 1 N–H and O–H groups in total. The van der Waals surface area contributed by atoms with E-state index in [9.17, 15) is 13.2 Å². The van der Waals surface area contributed by atoms with Crippen LogP contribution in [0, 0.1) is 13.8 Å². The highest BCUT2D eigenvalue weighted by atomic mass is 32.2. The van der Waals surface area contributed by atoms with Gasteiger partial charge in [0.05, 0.1) is 12.0 Å². The lowest BCUT2D eigenvalue weighted by atomic mass is 10.1. The van der Waals surface area contributed by atoms with Gasteiger partial charge in [-0.3, -0.25) is 9.52 Å². The maximum absolute atomic E-state index is 12.6. The van der Waals surface area contributed by atoms with Crippen molar-refractivity contribution < 1.29 is 22.5 Å². The van der Waals surface area contributed by atoms with Crippen LogP contribution >= 0.6 is 0 Å². The fourth-order valence-electron chi connectivity index (χ4n) is 2.74. The monoisotopic (exact) mass is 394 g/mol. The fraction of sp³-hybridized carbons (Fsp3) is 0.474. The Balaban J connectivity index is 1.91. The fourth-order valence-corrected chi connectivity index (χ4v) is 3.99. The molecule has 0 atom stereocenters. The van der Waals surface area contributed by atoms with Gasteiger partial charge in [-0.25, -0.2) is 8.42 Å². The van der Waals surface area contributed by atoms with Crippen molar-refractivity contribution in [3.8, 4) is 0 Å². The first-order valence-corrected chi connectivity index (χ1v) is 10.4. The van der Waals surface area contributed by atoms with Gasteiger partial charge < -0.3 is 9.26 Å². The Morgan fingerprint density at radius 1 is 1.19 bits per heavy atom. The number of nitrogens with zero attached hydrogens (tertiary/aromatic N) is 1. The first-order valence-electron chi connectivity index (χ1n) is 8.95. The molecule has 0 saturated carbocycles. The first-order chi connectivity index (χ1) is 12.8. The third-order valence-corrected chi connectivity index (χ3v) is 5.65. The van der Waals surface area contributed by atoms with Gasteiger partial charge in [0.25, 0.3) is 10.0 Å². The summed E-state index contributed by atoms with van der Waals surface area (Å²) in [4.78, 5) is 11.3. The molecule has 7 nitrogen and oxygen atoms in total. The number of sulfonamides is 1. The van der Waals surface area contributed by atoms with Crippen molar-refractivity contribution in [3.63, 3.8) is 0 Å². The van der Waals surface area contributed by atoms with Crippen LogP contribution in [0.2, 0.25) is 0 Å². The van der Waals surface area contributed by atoms with Gasteiger partial charge in [-0.1, -0.05) is 30.1 Å². The van der Waals surface area contributed by atoms with Crippen molar-refractivity contribution in [2.24, 2.45) is 0 Å². The molecule has 0 saturated heterocycles. The molecule has 0 amide bonds. The van der Waals surface area contributed by atoms with Crippen LogP contribution in [0.5, 0.6) is 0 Å². The van der Waals surface area contributed by atoms with Crippen LogP contribution in [0.3, 0.4) is 0 Å². The predicted octanol–water partition coefficient (Wildman–Crippen LogP) is 3.76. The predicted molar refractivity (Wildman–Crippen MR) is 102 cm³/mol. The van der Waals surface area contributed by atoms with Crippen LogP contribution in [-0.2, 0) is 26.0 Å². The van der Waals surface area contributed by atoms with E-state index < -0.39 is 10.0 Å². The molecule has 2 aromatic rings. The topological polar surface area (TPSA) is 98.5 Å². The van der Waals surface area contributed by atoms with Gasteiger partial charge in [0.15, 0.2) is 5.76 Å². The summed E-state index contributed by atoms with van der Waals surface area (Å²) in [6.07, 6.45) is 4.89. The molecule has 2 rings (SSSR count). The van der Waals surface area contributed by atoms with Crippen molar-refractivity contribution >= 4 is 21.7 Å². The van der Waals surface area contributed by atoms with E-state index in [4.69, 9.17) is 4.52 Å². The Kier molecular flexibility index (Phi) is 7.41. The molecule has 0 aliphatic heterocycles. The highest BCUT2D eigenvalue weighted by Crippen LogP contribution is 2.23. The van der Waals surface area contributed by atoms with E-state index >= 15 is 0 Å². The van der Waals surface area contributed by atoms with E-state index in [-0.39, 0.29) is 10.9 Å². The summed E-state index contributed by atoms with van der Waals surface area (Å²) < 4.78 is 37.4. The summed E-state index contributed by atoms with van der Waals surface area (Å²) in [7, 11) is -2.31. The number of unbranched alkanes of at least 4 members (excludes halogenated alkanes) is 3. The van der Waals surface area contributed by atoms with Crippen LogP contribution in [0.1, 0.15) is 49.1 Å². The second-order valence-electron chi connectivity index (χ2n) is 6.44. The zero-order chi connectivity index (χ0) is 19.9. The Morgan fingerprint density at radius 2 is 1.93 bits per heavy atom. The van der Waals surface area contributed by atoms with Gasteiger partial charge in [0, 0.05) is 6.42 Å². The van der Waals surface area contributed by atoms with Crippen molar-refractivity contribution in [2.75, 3.05) is 11.8 Å². The molecule has 0 bridgehead atoms. The number of benzene rings is 1. The average molecular weight is 394 g/mol. The highest BCUT2D eigenvalue weighted by molar-refractivity contribution is 7.92. The minimum absolute atomic E-state index is 0.182. The third-order valence-electron chi connectivity index (χ3n) is 4.30. The number of nitrogens with one attached hydrogen (secondary N) is 1. The molecule has 0 spiro atoms. The minimum atomic E-state index is -3.70. The molecule has 0 radical (unpaired) electrons. The number of aryl methyl sites for hydroxylation is 3. The molecule has 0 aliphatic rings. The van der Waals surface area contributed by atoms with E-state index in [2.05, 4.69) is 14.6 Å². The summed E-state index contributed by atoms with van der Waals surface area (Å²) in [6.45, 7) is 3.35. The van der Waals surface area contributed by atoms with Gasteiger partial charge in [-0.15, -0.1) is 0 Å².